The number of thioether (sulfide) groups is 1. The van der Waals surface area contributed by atoms with Gasteiger partial charge in [0.1, 0.15) is 6.54 Å². The molecule has 0 atom stereocenters. The first-order valence-electron chi connectivity index (χ1n) is 7.07. The van der Waals surface area contributed by atoms with Gasteiger partial charge in [-0.05, 0) is 12.1 Å². The first-order valence-corrected chi connectivity index (χ1v) is 8.05. The lowest BCUT2D eigenvalue weighted by Crippen LogP contribution is -2.34. The molecular formula is C14H12F3N5O2S. The zero-order valence-electron chi connectivity index (χ0n) is 12.9. The SMILES string of the molecule is Cn1c(=O)c2ccccc2n2c(SCC(=O)NCC(F)(F)F)nnc12. The monoisotopic (exact) mass is 371 g/mol. The molecule has 0 saturated heterocycles. The lowest BCUT2D eigenvalue weighted by molar-refractivity contribution is -0.136. The summed E-state index contributed by atoms with van der Waals surface area (Å²) in [7, 11) is 1.54. The van der Waals surface area contributed by atoms with Gasteiger partial charge in [-0.1, -0.05) is 23.9 Å². The number of carbonyl (C=O) groups excluding carboxylic acids is 1. The fourth-order valence-electron chi connectivity index (χ4n) is 2.28. The van der Waals surface area contributed by atoms with Gasteiger partial charge < -0.3 is 5.32 Å². The summed E-state index contributed by atoms with van der Waals surface area (Å²) in [4.78, 5) is 23.9. The fraction of sp³-hybridized carbons (Fsp3) is 0.286. The van der Waals surface area contributed by atoms with E-state index >= 15 is 0 Å². The molecule has 0 bridgehead atoms. The molecule has 0 saturated carbocycles. The highest BCUT2D eigenvalue weighted by atomic mass is 32.2. The highest BCUT2D eigenvalue weighted by Gasteiger charge is 2.27. The van der Waals surface area contributed by atoms with Crippen LogP contribution in [0.2, 0.25) is 0 Å². The van der Waals surface area contributed by atoms with Crippen LogP contribution in [0.5, 0.6) is 0 Å². The standard InChI is InChI=1S/C14H12F3N5O2S/c1-21-11(24)8-4-2-3-5-9(8)22-12(21)19-20-13(22)25-6-10(23)18-7-14(15,16)17/h2-5H,6-7H2,1H3,(H,18,23). The van der Waals surface area contributed by atoms with Crippen molar-refractivity contribution in [3.05, 3.63) is 34.6 Å². The maximum Gasteiger partial charge on any atom is 0.405 e. The van der Waals surface area contributed by atoms with E-state index in [4.69, 9.17) is 0 Å². The lowest BCUT2D eigenvalue weighted by atomic mass is 10.2. The summed E-state index contributed by atoms with van der Waals surface area (Å²) in [5.41, 5.74) is 0.318. The van der Waals surface area contributed by atoms with Gasteiger partial charge in [0.2, 0.25) is 11.7 Å². The molecule has 0 aliphatic carbocycles. The number of alkyl halides is 3. The normalized spacial score (nSPS) is 12.0. The molecule has 3 aromatic rings. The van der Waals surface area contributed by atoms with Crippen molar-refractivity contribution in [1.29, 1.82) is 0 Å². The van der Waals surface area contributed by atoms with Crippen molar-refractivity contribution in [1.82, 2.24) is 24.5 Å². The van der Waals surface area contributed by atoms with Crippen molar-refractivity contribution in [2.24, 2.45) is 7.05 Å². The quantitative estimate of drug-likeness (QED) is 0.701. The van der Waals surface area contributed by atoms with E-state index in [0.29, 0.717) is 16.1 Å². The van der Waals surface area contributed by atoms with Gasteiger partial charge in [-0.3, -0.25) is 18.6 Å². The minimum atomic E-state index is -4.46. The van der Waals surface area contributed by atoms with Crippen LogP contribution in [0.25, 0.3) is 16.7 Å². The Hall–Kier alpha value is -2.56. The van der Waals surface area contributed by atoms with Crippen LogP contribution in [-0.2, 0) is 11.8 Å². The Bertz CT molecular complexity index is 1010. The molecule has 2 aromatic heterocycles. The molecule has 132 valence electrons. The van der Waals surface area contributed by atoms with Crippen molar-refractivity contribution in [3.8, 4) is 0 Å². The van der Waals surface area contributed by atoms with Crippen molar-refractivity contribution >= 4 is 34.3 Å². The van der Waals surface area contributed by atoms with E-state index in [1.807, 2.05) is 0 Å². The number of carbonyl (C=O) groups is 1. The average Bonchev–Trinajstić information content (AvgIpc) is 2.99. The van der Waals surface area contributed by atoms with Crippen LogP contribution in [0, 0.1) is 0 Å². The number of halogens is 3. The second-order valence-electron chi connectivity index (χ2n) is 5.18. The fourth-order valence-corrected chi connectivity index (χ4v) is 3.05. The minimum absolute atomic E-state index is 0.241. The van der Waals surface area contributed by atoms with Crippen molar-refractivity contribution in [2.45, 2.75) is 11.3 Å². The first kappa shape index (κ1) is 17.3. The Morgan fingerprint density at radius 3 is 2.72 bits per heavy atom. The molecule has 2 heterocycles. The van der Waals surface area contributed by atoms with Crippen LogP contribution in [0.3, 0.4) is 0 Å². The number of rotatable bonds is 4. The molecule has 0 fully saturated rings. The Labute approximate surface area is 142 Å². The van der Waals surface area contributed by atoms with Gasteiger partial charge in [-0.2, -0.15) is 13.2 Å². The topological polar surface area (TPSA) is 81.3 Å². The van der Waals surface area contributed by atoms with Crippen molar-refractivity contribution in [2.75, 3.05) is 12.3 Å². The molecule has 1 amide bonds. The average molecular weight is 371 g/mol. The van der Waals surface area contributed by atoms with Crippen LogP contribution in [0.4, 0.5) is 13.2 Å². The minimum Gasteiger partial charge on any atom is -0.346 e. The molecule has 11 heteroatoms. The number of aromatic nitrogens is 4. The molecule has 0 aliphatic rings. The third kappa shape index (κ3) is 3.45. The van der Waals surface area contributed by atoms with Gasteiger partial charge in [0, 0.05) is 7.05 Å². The van der Waals surface area contributed by atoms with Crippen LogP contribution in [0.15, 0.2) is 34.2 Å². The summed E-state index contributed by atoms with van der Waals surface area (Å²) in [5.74, 6) is -0.747. The van der Waals surface area contributed by atoms with Crippen molar-refractivity contribution in [3.63, 3.8) is 0 Å². The molecule has 1 aromatic carbocycles. The third-order valence-corrected chi connectivity index (χ3v) is 4.34. The summed E-state index contributed by atoms with van der Waals surface area (Å²) in [6, 6.07) is 6.82. The van der Waals surface area contributed by atoms with Gasteiger partial charge in [0.05, 0.1) is 16.7 Å². The second-order valence-corrected chi connectivity index (χ2v) is 6.12. The number of nitrogens with one attached hydrogen (secondary N) is 1. The Morgan fingerprint density at radius 2 is 2.00 bits per heavy atom. The summed E-state index contributed by atoms with van der Waals surface area (Å²) >= 11 is 0.939. The number of fused-ring (bicyclic) bond motifs is 3. The van der Waals surface area contributed by atoms with Gasteiger partial charge in [-0.25, -0.2) is 0 Å². The molecule has 7 nitrogen and oxygen atoms in total. The number of benzene rings is 1. The number of hydrogen-bond donors (Lipinski definition) is 1. The van der Waals surface area contributed by atoms with Crippen LogP contribution < -0.4 is 10.9 Å². The van der Waals surface area contributed by atoms with E-state index in [1.165, 1.54) is 4.57 Å². The van der Waals surface area contributed by atoms with Crippen molar-refractivity contribution < 1.29 is 18.0 Å². The van der Waals surface area contributed by atoms with E-state index in [9.17, 15) is 22.8 Å². The number of nitrogens with zero attached hydrogens (tertiary/aromatic N) is 4. The number of amides is 1. The van der Waals surface area contributed by atoms with Crippen LogP contribution in [-0.4, -0.2) is 43.5 Å². The Balaban J connectivity index is 1.91. The molecular weight excluding hydrogens is 359 g/mol. The summed E-state index contributed by atoms with van der Waals surface area (Å²) in [5, 5.41) is 10.4. The predicted molar refractivity (Wildman–Crippen MR) is 85.5 cm³/mol. The largest absolute Gasteiger partial charge is 0.405 e. The summed E-state index contributed by atoms with van der Waals surface area (Å²) < 4.78 is 39.3. The van der Waals surface area contributed by atoms with Gasteiger partial charge in [0.15, 0.2) is 5.16 Å². The highest BCUT2D eigenvalue weighted by molar-refractivity contribution is 7.99. The molecule has 1 N–H and O–H groups in total. The molecule has 0 unspecified atom stereocenters. The maximum absolute atomic E-state index is 12.3. The molecule has 0 spiro atoms. The third-order valence-electron chi connectivity index (χ3n) is 3.41. The van der Waals surface area contributed by atoms with E-state index in [1.54, 1.807) is 41.0 Å². The number of hydrogen-bond acceptors (Lipinski definition) is 5. The molecule has 25 heavy (non-hydrogen) atoms. The van der Waals surface area contributed by atoms with E-state index < -0.39 is 18.6 Å². The first-order chi connectivity index (χ1) is 11.8. The zero-order chi connectivity index (χ0) is 18.2. The Kier molecular flexibility index (Phi) is 4.41. The van der Waals surface area contributed by atoms with E-state index in [2.05, 4.69) is 10.2 Å². The smallest absolute Gasteiger partial charge is 0.346 e. The highest BCUT2D eigenvalue weighted by Crippen LogP contribution is 2.21. The summed E-state index contributed by atoms with van der Waals surface area (Å²) in [6.07, 6.45) is -4.46. The summed E-state index contributed by atoms with van der Waals surface area (Å²) in [6.45, 7) is -1.38. The van der Waals surface area contributed by atoms with E-state index in [0.717, 1.165) is 11.8 Å². The number of aryl methyl sites for hydroxylation is 1. The van der Waals surface area contributed by atoms with Gasteiger partial charge in [0.25, 0.3) is 5.56 Å². The van der Waals surface area contributed by atoms with E-state index in [-0.39, 0.29) is 17.1 Å². The molecule has 0 aliphatic heterocycles. The van der Waals surface area contributed by atoms with Crippen LogP contribution >= 0.6 is 11.8 Å². The lowest BCUT2D eigenvalue weighted by Gasteiger charge is -2.09. The Morgan fingerprint density at radius 1 is 1.28 bits per heavy atom. The van der Waals surface area contributed by atoms with Gasteiger partial charge in [-0.15, -0.1) is 10.2 Å². The number of para-hydroxylation sites is 1. The predicted octanol–water partition coefficient (Wildman–Crippen LogP) is 1.35. The molecule has 3 rings (SSSR count). The maximum atomic E-state index is 12.3. The van der Waals surface area contributed by atoms with Gasteiger partial charge >= 0.3 is 6.18 Å². The zero-order valence-corrected chi connectivity index (χ0v) is 13.7. The second kappa shape index (κ2) is 6.39. The molecule has 0 radical (unpaired) electrons. The van der Waals surface area contributed by atoms with Crippen LogP contribution in [0.1, 0.15) is 0 Å².